The molecule has 0 spiro atoms. The zero-order chi connectivity index (χ0) is 26.0. The highest BCUT2D eigenvalue weighted by molar-refractivity contribution is 7.14. The molecule has 0 radical (unpaired) electrons. The molecule has 2 aromatic carbocycles. The van der Waals surface area contributed by atoms with E-state index in [2.05, 4.69) is 20.9 Å². The minimum absolute atomic E-state index is 0.139. The van der Waals surface area contributed by atoms with E-state index in [1.54, 1.807) is 56.7 Å². The SMILES string of the molecule is CNc1ccc2c(c1)nc(NC(=O)c1ccc(C(F)F)s1)n2-c1cccc(NC(=O)OC(C)(C)C)c1. The molecule has 0 fully saturated rings. The van der Waals surface area contributed by atoms with Crippen LogP contribution in [0.15, 0.2) is 54.6 Å². The zero-order valence-electron chi connectivity index (χ0n) is 20.1. The molecule has 4 rings (SSSR count). The molecule has 0 bridgehead atoms. The fraction of sp³-hybridized carbons (Fsp3) is 0.240. The van der Waals surface area contributed by atoms with E-state index in [9.17, 15) is 18.4 Å². The molecule has 188 valence electrons. The second-order valence-electron chi connectivity index (χ2n) is 8.86. The number of hydrogen-bond donors (Lipinski definition) is 3. The second kappa shape index (κ2) is 9.94. The molecule has 2 aromatic heterocycles. The molecule has 8 nitrogen and oxygen atoms in total. The lowest BCUT2D eigenvalue weighted by molar-refractivity contribution is 0.0635. The Kier molecular flexibility index (Phi) is 6.93. The molecule has 0 atom stereocenters. The van der Waals surface area contributed by atoms with E-state index in [0.29, 0.717) is 22.4 Å². The number of benzene rings is 2. The van der Waals surface area contributed by atoms with Gasteiger partial charge in [-0.25, -0.2) is 18.6 Å². The number of imidazole rings is 1. The Balaban J connectivity index is 1.72. The van der Waals surface area contributed by atoms with Gasteiger partial charge in [-0.3, -0.25) is 20.0 Å². The van der Waals surface area contributed by atoms with Crippen LogP contribution in [0.4, 0.5) is 30.9 Å². The number of thiophene rings is 1. The average molecular weight is 514 g/mol. The Morgan fingerprint density at radius 1 is 1.03 bits per heavy atom. The van der Waals surface area contributed by atoms with Crippen LogP contribution in [0.5, 0.6) is 0 Å². The Morgan fingerprint density at radius 2 is 1.81 bits per heavy atom. The van der Waals surface area contributed by atoms with Crippen LogP contribution in [0.25, 0.3) is 16.7 Å². The number of ether oxygens (including phenoxy) is 1. The number of halogens is 2. The van der Waals surface area contributed by atoms with Crippen LogP contribution in [-0.4, -0.2) is 34.2 Å². The first-order valence-electron chi connectivity index (χ1n) is 11.0. The molecule has 11 heteroatoms. The molecule has 0 saturated carbocycles. The summed E-state index contributed by atoms with van der Waals surface area (Å²) in [5.41, 5.74) is 2.55. The Hall–Kier alpha value is -3.99. The standard InChI is InChI=1S/C25H25F2N5O3S/c1-25(2,3)35-24(34)29-15-6-5-7-16(12-15)32-18-9-8-14(28-4)13-17(18)30-23(32)31-22(33)20-11-10-19(36-20)21(26)27/h5-13,21,28H,1-4H3,(H,29,34)(H,30,31,33). The van der Waals surface area contributed by atoms with E-state index in [-0.39, 0.29) is 15.7 Å². The number of hydrogen-bond acceptors (Lipinski definition) is 6. The van der Waals surface area contributed by atoms with Gasteiger partial charge < -0.3 is 10.1 Å². The van der Waals surface area contributed by atoms with Crippen molar-refractivity contribution in [2.75, 3.05) is 23.0 Å². The predicted molar refractivity (Wildman–Crippen MR) is 138 cm³/mol. The van der Waals surface area contributed by atoms with E-state index in [4.69, 9.17) is 4.74 Å². The zero-order valence-corrected chi connectivity index (χ0v) is 20.9. The first kappa shape index (κ1) is 25.1. The fourth-order valence-corrected chi connectivity index (χ4v) is 4.24. The van der Waals surface area contributed by atoms with Crippen molar-refractivity contribution in [1.82, 2.24) is 9.55 Å². The predicted octanol–water partition coefficient (Wildman–Crippen LogP) is 6.67. The first-order valence-corrected chi connectivity index (χ1v) is 11.9. The maximum Gasteiger partial charge on any atom is 0.412 e. The molecule has 0 aliphatic heterocycles. The smallest absolute Gasteiger partial charge is 0.412 e. The van der Waals surface area contributed by atoms with Crippen LogP contribution < -0.4 is 16.0 Å². The minimum atomic E-state index is -2.65. The number of nitrogens with zero attached hydrogens (tertiary/aromatic N) is 2. The lowest BCUT2D eigenvalue weighted by atomic mass is 10.2. The third kappa shape index (κ3) is 5.62. The van der Waals surface area contributed by atoms with Gasteiger partial charge in [0.15, 0.2) is 0 Å². The highest BCUT2D eigenvalue weighted by atomic mass is 32.1. The van der Waals surface area contributed by atoms with Gasteiger partial charge >= 0.3 is 6.09 Å². The summed E-state index contributed by atoms with van der Waals surface area (Å²) >= 11 is 0.726. The quantitative estimate of drug-likeness (QED) is 0.268. The van der Waals surface area contributed by atoms with Crippen molar-refractivity contribution < 1.29 is 23.1 Å². The van der Waals surface area contributed by atoms with Gasteiger partial charge in [-0.15, -0.1) is 11.3 Å². The highest BCUT2D eigenvalue weighted by Gasteiger charge is 2.20. The van der Waals surface area contributed by atoms with Crippen LogP contribution in [0.3, 0.4) is 0 Å². The number of fused-ring (bicyclic) bond motifs is 1. The van der Waals surface area contributed by atoms with Gasteiger partial charge in [0.2, 0.25) is 5.95 Å². The largest absolute Gasteiger partial charge is 0.444 e. The number of alkyl halides is 2. The average Bonchev–Trinajstić information content (AvgIpc) is 3.42. The maximum absolute atomic E-state index is 13.0. The molecule has 36 heavy (non-hydrogen) atoms. The van der Waals surface area contributed by atoms with Crippen LogP contribution >= 0.6 is 11.3 Å². The number of aromatic nitrogens is 2. The topological polar surface area (TPSA) is 97.3 Å². The lowest BCUT2D eigenvalue weighted by Gasteiger charge is -2.20. The van der Waals surface area contributed by atoms with Gasteiger partial charge in [-0.05, 0) is 69.3 Å². The maximum atomic E-state index is 13.0. The van der Waals surface area contributed by atoms with E-state index in [1.807, 2.05) is 18.2 Å². The van der Waals surface area contributed by atoms with Gasteiger partial charge in [-0.1, -0.05) is 6.07 Å². The van der Waals surface area contributed by atoms with Crippen molar-refractivity contribution in [3.63, 3.8) is 0 Å². The third-order valence-electron chi connectivity index (χ3n) is 4.98. The van der Waals surface area contributed by atoms with E-state index in [0.717, 1.165) is 17.0 Å². The number of carbonyl (C=O) groups is 2. The van der Waals surface area contributed by atoms with Gasteiger partial charge in [0.25, 0.3) is 12.3 Å². The molecule has 2 amide bonds. The summed E-state index contributed by atoms with van der Waals surface area (Å²) in [4.78, 5) is 29.7. The highest BCUT2D eigenvalue weighted by Crippen LogP contribution is 2.30. The minimum Gasteiger partial charge on any atom is -0.444 e. The van der Waals surface area contributed by atoms with Gasteiger partial charge in [-0.2, -0.15) is 0 Å². The van der Waals surface area contributed by atoms with Crippen molar-refractivity contribution in [2.45, 2.75) is 32.8 Å². The molecular weight excluding hydrogens is 488 g/mol. The summed E-state index contributed by atoms with van der Waals surface area (Å²) in [6.45, 7) is 5.31. The van der Waals surface area contributed by atoms with E-state index in [1.165, 1.54) is 12.1 Å². The lowest BCUT2D eigenvalue weighted by Crippen LogP contribution is -2.27. The number of anilines is 3. The molecule has 0 aliphatic rings. The molecule has 0 unspecified atom stereocenters. The van der Waals surface area contributed by atoms with Crippen LogP contribution in [0.2, 0.25) is 0 Å². The Morgan fingerprint density at radius 3 is 2.47 bits per heavy atom. The van der Waals surface area contributed by atoms with E-state index < -0.39 is 24.0 Å². The van der Waals surface area contributed by atoms with Crippen molar-refractivity contribution in [3.05, 3.63) is 64.4 Å². The fourth-order valence-electron chi connectivity index (χ4n) is 3.48. The van der Waals surface area contributed by atoms with Crippen LogP contribution in [0, 0.1) is 0 Å². The normalized spacial score (nSPS) is 11.5. The van der Waals surface area contributed by atoms with Crippen molar-refractivity contribution >= 4 is 51.7 Å². The van der Waals surface area contributed by atoms with Crippen molar-refractivity contribution in [1.29, 1.82) is 0 Å². The summed E-state index contributed by atoms with van der Waals surface area (Å²) in [6.07, 6.45) is -3.25. The Bertz CT molecular complexity index is 1420. The Labute approximate surface area is 210 Å². The first-order chi connectivity index (χ1) is 17.0. The van der Waals surface area contributed by atoms with Crippen LogP contribution in [0.1, 0.15) is 41.7 Å². The van der Waals surface area contributed by atoms with Gasteiger partial charge in [0, 0.05) is 18.4 Å². The summed E-state index contributed by atoms with van der Waals surface area (Å²) in [5, 5.41) is 8.50. The molecule has 0 saturated heterocycles. The summed E-state index contributed by atoms with van der Waals surface area (Å²) in [5.74, 6) is -0.356. The molecule has 4 aromatic rings. The summed E-state index contributed by atoms with van der Waals surface area (Å²) in [7, 11) is 1.78. The second-order valence-corrected chi connectivity index (χ2v) is 9.97. The molecule has 2 heterocycles. The van der Waals surface area contributed by atoms with E-state index >= 15 is 0 Å². The molecular formula is C25H25F2N5O3S. The number of amides is 2. The van der Waals surface area contributed by atoms with Crippen molar-refractivity contribution in [3.8, 4) is 5.69 Å². The van der Waals surface area contributed by atoms with Crippen LogP contribution in [-0.2, 0) is 4.74 Å². The van der Waals surface area contributed by atoms with Gasteiger partial charge in [0.05, 0.1) is 26.5 Å². The molecule has 3 N–H and O–H groups in total. The number of carbonyl (C=O) groups excluding carboxylic acids is 2. The summed E-state index contributed by atoms with van der Waals surface area (Å²) < 4.78 is 33.1. The number of nitrogens with one attached hydrogen (secondary N) is 3. The number of rotatable bonds is 6. The molecule has 0 aliphatic carbocycles. The van der Waals surface area contributed by atoms with Gasteiger partial charge in [0.1, 0.15) is 5.60 Å². The monoisotopic (exact) mass is 513 g/mol. The van der Waals surface area contributed by atoms with Crippen molar-refractivity contribution in [2.24, 2.45) is 0 Å². The summed E-state index contributed by atoms with van der Waals surface area (Å²) in [6, 6.07) is 15.1. The third-order valence-corrected chi connectivity index (χ3v) is 6.08.